The van der Waals surface area contributed by atoms with Crippen LogP contribution in [0.3, 0.4) is 0 Å². The number of rotatable bonds is 2. The molecule has 0 aromatic rings. The van der Waals surface area contributed by atoms with E-state index in [0.717, 1.165) is 0 Å². The van der Waals surface area contributed by atoms with Crippen LogP contribution in [0, 0.1) is 0 Å². The molecule has 2 rings (SSSR count). The Labute approximate surface area is 89.3 Å². The third kappa shape index (κ3) is 1.68. The lowest BCUT2D eigenvalue weighted by Gasteiger charge is -2.29. The fourth-order valence-corrected chi connectivity index (χ4v) is 2.17. The number of methoxy groups -OCH3 is 1. The lowest BCUT2D eigenvalue weighted by Crippen LogP contribution is -2.43. The quantitative estimate of drug-likeness (QED) is 0.720. The van der Waals surface area contributed by atoms with Crippen LogP contribution in [0.2, 0.25) is 0 Å². The van der Waals surface area contributed by atoms with E-state index in [9.17, 15) is 5.11 Å². The third-order valence-corrected chi connectivity index (χ3v) is 2.93. The van der Waals surface area contributed by atoms with Gasteiger partial charge in [-0.1, -0.05) is 0 Å². The summed E-state index contributed by atoms with van der Waals surface area (Å²) in [6.45, 7) is 5.37. The van der Waals surface area contributed by atoms with Crippen LogP contribution in [0.1, 0.15) is 20.8 Å². The van der Waals surface area contributed by atoms with E-state index in [0.29, 0.717) is 0 Å². The molecule has 0 aliphatic carbocycles. The van der Waals surface area contributed by atoms with E-state index in [1.807, 2.05) is 13.8 Å². The van der Waals surface area contributed by atoms with Gasteiger partial charge in [-0.2, -0.15) is 0 Å². The molecule has 2 aliphatic heterocycles. The summed E-state index contributed by atoms with van der Waals surface area (Å²) in [5.74, 6) is -0.647. The minimum atomic E-state index is -0.751. The molecule has 0 unspecified atom stereocenters. The Bertz CT molecular complexity index is 254. The monoisotopic (exact) mass is 218 g/mol. The van der Waals surface area contributed by atoms with E-state index >= 15 is 0 Å². The van der Waals surface area contributed by atoms with Crippen molar-refractivity contribution in [3.63, 3.8) is 0 Å². The molecule has 88 valence electrons. The summed E-state index contributed by atoms with van der Waals surface area (Å²) in [7, 11) is 1.56. The molecule has 0 radical (unpaired) electrons. The molecule has 15 heavy (non-hydrogen) atoms. The predicted molar refractivity (Wildman–Crippen MR) is 51.2 cm³/mol. The maximum Gasteiger partial charge on any atom is 0.187 e. The Morgan fingerprint density at radius 1 is 1.20 bits per heavy atom. The van der Waals surface area contributed by atoms with Crippen LogP contribution < -0.4 is 0 Å². The second-order valence-electron chi connectivity index (χ2n) is 4.71. The number of aliphatic hydroxyl groups is 1. The SMILES string of the molecule is CO[C@@H]1O[C@](C)(CO)[C@H]2OC(C)(C)O[C@@H]12. The minimum absolute atomic E-state index is 0.118. The van der Waals surface area contributed by atoms with Gasteiger partial charge in [0.2, 0.25) is 0 Å². The highest BCUT2D eigenvalue weighted by atomic mass is 16.8. The number of fused-ring (bicyclic) bond motifs is 1. The average molecular weight is 218 g/mol. The van der Waals surface area contributed by atoms with Gasteiger partial charge in [0.25, 0.3) is 0 Å². The fourth-order valence-electron chi connectivity index (χ4n) is 2.17. The second-order valence-corrected chi connectivity index (χ2v) is 4.71. The van der Waals surface area contributed by atoms with Crippen molar-refractivity contribution in [2.24, 2.45) is 0 Å². The molecule has 0 aromatic carbocycles. The number of hydrogen-bond donors (Lipinski definition) is 1. The summed E-state index contributed by atoms with van der Waals surface area (Å²) in [6.07, 6.45) is -1.04. The van der Waals surface area contributed by atoms with Crippen molar-refractivity contribution in [2.45, 2.75) is 50.7 Å². The van der Waals surface area contributed by atoms with Crippen LogP contribution in [0.15, 0.2) is 0 Å². The first-order valence-corrected chi connectivity index (χ1v) is 5.09. The zero-order valence-corrected chi connectivity index (χ0v) is 9.52. The highest BCUT2D eigenvalue weighted by molar-refractivity contribution is 5.02. The number of aliphatic hydroxyl groups excluding tert-OH is 1. The fraction of sp³-hybridized carbons (Fsp3) is 1.00. The van der Waals surface area contributed by atoms with Gasteiger partial charge in [-0.05, 0) is 20.8 Å². The van der Waals surface area contributed by atoms with Gasteiger partial charge < -0.3 is 24.1 Å². The summed E-state index contributed by atoms with van der Waals surface area (Å²) in [4.78, 5) is 0. The maximum absolute atomic E-state index is 9.34. The molecule has 0 saturated carbocycles. The molecule has 2 fully saturated rings. The maximum atomic E-state index is 9.34. The summed E-state index contributed by atoms with van der Waals surface area (Å²) in [6, 6.07) is 0. The van der Waals surface area contributed by atoms with Crippen LogP contribution in [-0.4, -0.2) is 48.7 Å². The highest BCUT2D eigenvalue weighted by Gasteiger charge is 2.61. The smallest absolute Gasteiger partial charge is 0.187 e. The van der Waals surface area contributed by atoms with Crippen molar-refractivity contribution in [3.8, 4) is 0 Å². The van der Waals surface area contributed by atoms with Crippen molar-refractivity contribution in [3.05, 3.63) is 0 Å². The average Bonchev–Trinajstić information content (AvgIpc) is 2.61. The molecule has 0 bridgehead atoms. The molecule has 5 heteroatoms. The molecule has 0 aromatic heterocycles. The zero-order chi connectivity index (χ0) is 11.3. The molecule has 1 N–H and O–H groups in total. The minimum Gasteiger partial charge on any atom is -0.393 e. The molecule has 2 heterocycles. The number of hydrogen-bond acceptors (Lipinski definition) is 5. The highest BCUT2D eigenvalue weighted by Crippen LogP contribution is 2.43. The molecule has 0 amide bonds. The topological polar surface area (TPSA) is 57.2 Å². The first-order chi connectivity index (χ1) is 6.92. The van der Waals surface area contributed by atoms with Crippen molar-refractivity contribution in [1.29, 1.82) is 0 Å². The van der Waals surface area contributed by atoms with Gasteiger partial charge >= 0.3 is 0 Å². The van der Waals surface area contributed by atoms with Gasteiger partial charge in [-0.3, -0.25) is 0 Å². The Morgan fingerprint density at radius 2 is 1.87 bits per heavy atom. The van der Waals surface area contributed by atoms with Crippen molar-refractivity contribution < 1.29 is 24.1 Å². The molecular formula is C10H18O5. The molecule has 0 spiro atoms. The van der Waals surface area contributed by atoms with Crippen LogP contribution in [0.25, 0.3) is 0 Å². The van der Waals surface area contributed by atoms with E-state index in [1.54, 1.807) is 14.0 Å². The lowest BCUT2D eigenvalue weighted by molar-refractivity contribution is -0.252. The van der Waals surface area contributed by atoms with Gasteiger partial charge in [-0.25, -0.2) is 0 Å². The summed E-state index contributed by atoms with van der Waals surface area (Å²) in [5.41, 5.74) is -0.751. The van der Waals surface area contributed by atoms with Crippen LogP contribution in [0.4, 0.5) is 0 Å². The second kappa shape index (κ2) is 3.40. The third-order valence-electron chi connectivity index (χ3n) is 2.93. The molecule has 5 nitrogen and oxygen atoms in total. The Kier molecular flexibility index (Phi) is 2.56. The first kappa shape index (κ1) is 11.3. The molecule has 4 atom stereocenters. The lowest BCUT2D eigenvalue weighted by atomic mass is 9.99. The molecule has 2 saturated heterocycles. The van der Waals surface area contributed by atoms with E-state index in [-0.39, 0.29) is 18.8 Å². The predicted octanol–water partition coefficient (Wildman–Crippen LogP) is 0.260. The summed E-state index contributed by atoms with van der Waals surface area (Å²) >= 11 is 0. The van der Waals surface area contributed by atoms with Crippen LogP contribution in [-0.2, 0) is 18.9 Å². The van der Waals surface area contributed by atoms with Crippen LogP contribution in [0.5, 0.6) is 0 Å². The largest absolute Gasteiger partial charge is 0.393 e. The standard InChI is InChI=1S/C10H18O5/c1-9(2)13-6-7(14-9)10(3,5-11)15-8(6)12-4/h6-8,11H,5H2,1-4H3/t6-,7+,8-,10-/m1/s1. The van der Waals surface area contributed by atoms with E-state index in [1.165, 1.54) is 0 Å². The summed E-state index contributed by atoms with van der Waals surface area (Å²) < 4.78 is 22.2. The first-order valence-electron chi connectivity index (χ1n) is 5.09. The normalized spacial score (nSPS) is 48.2. The van der Waals surface area contributed by atoms with Crippen LogP contribution >= 0.6 is 0 Å². The van der Waals surface area contributed by atoms with Gasteiger partial charge in [-0.15, -0.1) is 0 Å². The summed E-state index contributed by atoms with van der Waals surface area (Å²) in [5, 5.41) is 9.34. The van der Waals surface area contributed by atoms with Gasteiger partial charge in [0.05, 0.1) is 6.61 Å². The van der Waals surface area contributed by atoms with Crippen molar-refractivity contribution in [2.75, 3.05) is 13.7 Å². The molecular weight excluding hydrogens is 200 g/mol. The van der Waals surface area contributed by atoms with E-state index in [2.05, 4.69) is 0 Å². The van der Waals surface area contributed by atoms with Crippen molar-refractivity contribution >= 4 is 0 Å². The van der Waals surface area contributed by atoms with Gasteiger partial charge in [0.1, 0.15) is 17.8 Å². The number of ether oxygens (including phenoxy) is 4. The van der Waals surface area contributed by atoms with Gasteiger partial charge in [0.15, 0.2) is 12.1 Å². The Morgan fingerprint density at radius 3 is 2.40 bits per heavy atom. The van der Waals surface area contributed by atoms with E-state index < -0.39 is 17.7 Å². The Balaban J connectivity index is 2.23. The van der Waals surface area contributed by atoms with E-state index in [4.69, 9.17) is 18.9 Å². The Hall–Kier alpha value is -0.200. The van der Waals surface area contributed by atoms with Gasteiger partial charge in [0, 0.05) is 7.11 Å². The van der Waals surface area contributed by atoms with Crippen molar-refractivity contribution in [1.82, 2.24) is 0 Å². The zero-order valence-electron chi connectivity index (χ0n) is 9.52. The molecule has 2 aliphatic rings.